The van der Waals surface area contributed by atoms with Crippen LogP contribution < -0.4 is 11.2 Å². The molecule has 3 aromatic rings. The van der Waals surface area contributed by atoms with Crippen molar-refractivity contribution in [3.63, 3.8) is 0 Å². The van der Waals surface area contributed by atoms with E-state index in [0.717, 1.165) is 29.7 Å². The molecule has 0 saturated carbocycles. The summed E-state index contributed by atoms with van der Waals surface area (Å²) in [6.07, 6.45) is 2.92. The largest absolute Gasteiger partial charge is 0.329 e. The number of H-pyrrole nitrogens is 1. The molecule has 1 fully saturated rings. The van der Waals surface area contributed by atoms with Gasteiger partial charge in [-0.1, -0.05) is 12.1 Å². The Balaban J connectivity index is 1.76. The molecule has 0 radical (unpaired) electrons. The number of nitrogens with zero attached hydrogens (tertiary/aromatic N) is 4. The summed E-state index contributed by atoms with van der Waals surface area (Å²) in [5.41, 5.74) is 0.650. The van der Waals surface area contributed by atoms with Crippen LogP contribution in [0.2, 0.25) is 0 Å². The third kappa shape index (κ3) is 2.45. The summed E-state index contributed by atoms with van der Waals surface area (Å²) in [5, 5.41) is 0. The first-order valence-corrected chi connectivity index (χ1v) is 8.49. The van der Waals surface area contributed by atoms with Gasteiger partial charge in [0.1, 0.15) is 11.4 Å². The topological polar surface area (TPSA) is 93.0 Å². The summed E-state index contributed by atoms with van der Waals surface area (Å²) in [6, 6.07) is 7.62. The average Bonchev–Trinajstić information content (AvgIpc) is 3.22. The van der Waals surface area contributed by atoms with Gasteiger partial charge in [0, 0.05) is 26.8 Å². The Morgan fingerprint density at radius 2 is 2.00 bits per heavy atom. The number of imidazole rings is 1. The zero-order valence-corrected chi connectivity index (χ0v) is 14.6. The smallest absolute Gasteiger partial charge is 0.328 e. The number of rotatable bonds is 2. The number of carbonyl (C=O) groups excluding carboxylic acids is 1. The molecule has 3 heterocycles. The summed E-state index contributed by atoms with van der Waals surface area (Å²) in [4.78, 5) is 45.2. The highest BCUT2D eigenvalue weighted by Gasteiger charge is 2.34. The molecule has 1 saturated heterocycles. The van der Waals surface area contributed by atoms with Crippen molar-refractivity contribution in [1.82, 2.24) is 24.0 Å². The fourth-order valence-corrected chi connectivity index (χ4v) is 3.61. The van der Waals surface area contributed by atoms with Crippen molar-refractivity contribution in [1.29, 1.82) is 0 Å². The minimum Gasteiger partial charge on any atom is -0.329 e. The lowest BCUT2D eigenvalue weighted by Crippen LogP contribution is -2.38. The van der Waals surface area contributed by atoms with Crippen LogP contribution in [0.3, 0.4) is 0 Å². The summed E-state index contributed by atoms with van der Waals surface area (Å²) in [7, 11) is 3.44. The van der Waals surface area contributed by atoms with Crippen LogP contribution in [0, 0.1) is 0 Å². The number of carbonyl (C=O) groups is 1. The molecule has 1 N–H and O–H groups in total. The Bertz CT molecular complexity index is 1120. The second kappa shape index (κ2) is 5.98. The monoisotopic (exact) mass is 353 g/mol. The van der Waals surface area contributed by atoms with Crippen LogP contribution in [0.4, 0.5) is 0 Å². The van der Waals surface area contributed by atoms with Crippen LogP contribution in [0.15, 0.2) is 40.1 Å². The summed E-state index contributed by atoms with van der Waals surface area (Å²) >= 11 is 0. The summed E-state index contributed by atoms with van der Waals surface area (Å²) < 4.78 is 3.20. The zero-order valence-electron chi connectivity index (χ0n) is 14.6. The highest BCUT2D eigenvalue weighted by Crippen LogP contribution is 2.33. The number of fused-ring (bicyclic) bond motifs is 1. The van der Waals surface area contributed by atoms with E-state index >= 15 is 0 Å². The Morgan fingerprint density at radius 3 is 2.77 bits per heavy atom. The molecule has 0 aliphatic carbocycles. The van der Waals surface area contributed by atoms with Crippen LogP contribution in [0.25, 0.3) is 11.0 Å². The lowest BCUT2D eigenvalue weighted by molar-refractivity contribution is 0.0725. The van der Waals surface area contributed by atoms with Gasteiger partial charge in [0.15, 0.2) is 0 Å². The first kappa shape index (κ1) is 16.3. The van der Waals surface area contributed by atoms with Gasteiger partial charge in [0.2, 0.25) is 0 Å². The van der Waals surface area contributed by atoms with E-state index < -0.39 is 11.2 Å². The van der Waals surface area contributed by atoms with Gasteiger partial charge in [-0.25, -0.2) is 9.78 Å². The van der Waals surface area contributed by atoms with Gasteiger partial charge >= 0.3 is 5.69 Å². The van der Waals surface area contributed by atoms with Crippen LogP contribution >= 0.6 is 0 Å². The van der Waals surface area contributed by atoms with E-state index in [4.69, 9.17) is 4.98 Å². The maximum Gasteiger partial charge on any atom is 0.328 e. The van der Waals surface area contributed by atoms with Crippen molar-refractivity contribution in [2.45, 2.75) is 18.9 Å². The Labute approximate surface area is 148 Å². The van der Waals surface area contributed by atoms with Crippen LogP contribution in [0.1, 0.15) is 35.1 Å². The molecule has 0 bridgehead atoms. The van der Waals surface area contributed by atoms with Gasteiger partial charge in [-0.05, 0) is 25.0 Å². The molecule has 1 aliphatic rings. The molecule has 1 amide bonds. The molecule has 8 nitrogen and oxygen atoms in total. The highest BCUT2D eigenvalue weighted by molar-refractivity contribution is 5.94. The maximum atomic E-state index is 13.0. The summed E-state index contributed by atoms with van der Waals surface area (Å²) in [5.74, 6) is 0.426. The molecule has 26 heavy (non-hydrogen) atoms. The van der Waals surface area contributed by atoms with Crippen molar-refractivity contribution < 1.29 is 4.79 Å². The fraction of sp³-hybridized carbons (Fsp3) is 0.333. The maximum absolute atomic E-state index is 13.0. The molecule has 134 valence electrons. The minimum atomic E-state index is -0.659. The molecule has 1 atom stereocenters. The molecule has 1 unspecified atom stereocenters. The van der Waals surface area contributed by atoms with Crippen molar-refractivity contribution in [3.8, 4) is 0 Å². The lowest BCUT2D eigenvalue weighted by atomic mass is 10.2. The predicted molar refractivity (Wildman–Crippen MR) is 96.0 cm³/mol. The van der Waals surface area contributed by atoms with Crippen molar-refractivity contribution >= 4 is 16.9 Å². The van der Waals surface area contributed by atoms with E-state index in [2.05, 4.69) is 4.98 Å². The number of aryl methyl sites for hydroxylation is 2. The zero-order chi connectivity index (χ0) is 18.4. The molecular weight excluding hydrogens is 334 g/mol. The van der Waals surface area contributed by atoms with Gasteiger partial charge in [-0.15, -0.1) is 0 Å². The number of aromatic nitrogens is 4. The third-order valence-corrected chi connectivity index (χ3v) is 4.97. The summed E-state index contributed by atoms with van der Waals surface area (Å²) in [6.45, 7) is 0.551. The van der Waals surface area contributed by atoms with Gasteiger partial charge < -0.3 is 14.0 Å². The van der Waals surface area contributed by atoms with Gasteiger partial charge in [-0.3, -0.25) is 14.6 Å². The number of likely N-dealkylation sites (tertiary alicyclic amines) is 1. The van der Waals surface area contributed by atoms with E-state index in [1.54, 1.807) is 4.90 Å². The molecule has 0 spiro atoms. The lowest BCUT2D eigenvalue weighted by Gasteiger charge is -2.24. The van der Waals surface area contributed by atoms with Crippen LogP contribution in [-0.4, -0.2) is 36.5 Å². The normalized spacial score (nSPS) is 17.2. The van der Waals surface area contributed by atoms with Gasteiger partial charge in [0.05, 0.1) is 17.1 Å². The first-order chi connectivity index (χ1) is 12.5. The van der Waals surface area contributed by atoms with Crippen LogP contribution in [-0.2, 0) is 14.1 Å². The van der Waals surface area contributed by atoms with Gasteiger partial charge in [0.25, 0.3) is 11.5 Å². The Morgan fingerprint density at radius 1 is 1.23 bits per heavy atom. The molecule has 2 aromatic heterocycles. The van der Waals surface area contributed by atoms with Crippen molar-refractivity contribution in [3.05, 3.63) is 62.7 Å². The Kier molecular flexibility index (Phi) is 3.75. The third-order valence-electron chi connectivity index (χ3n) is 4.97. The number of nitrogens with one attached hydrogen (secondary N) is 1. The average molecular weight is 353 g/mol. The van der Waals surface area contributed by atoms with Crippen LogP contribution in [0.5, 0.6) is 0 Å². The molecule has 4 rings (SSSR count). The van der Waals surface area contributed by atoms with E-state index in [1.165, 1.54) is 17.8 Å². The van der Waals surface area contributed by atoms with Gasteiger partial charge in [-0.2, -0.15) is 0 Å². The SMILES string of the molecule is Cn1cc(C(=O)N2CCCC2c2nc3ccccc3n2C)c(=O)[nH]c1=O. The van der Waals surface area contributed by atoms with E-state index in [9.17, 15) is 14.4 Å². The van der Waals surface area contributed by atoms with Crippen molar-refractivity contribution in [2.24, 2.45) is 14.1 Å². The Hall–Kier alpha value is -3.16. The number of aromatic amines is 1. The number of para-hydroxylation sites is 2. The van der Waals surface area contributed by atoms with E-state index in [0.29, 0.717) is 6.54 Å². The minimum absolute atomic E-state index is 0.0298. The second-order valence-electron chi connectivity index (χ2n) is 6.59. The second-order valence-corrected chi connectivity index (χ2v) is 6.59. The van der Waals surface area contributed by atoms with Crippen molar-refractivity contribution in [2.75, 3.05) is 6.54 Å². The number of amides is 1. The van der Waals surface area contributed by atoms with E-state index in [1.807, 2.05) is 35.9 Å². The van der Waals surface area contributed by atoms with E-state index in [-0.39, 0.29) is 17.5 Å². The number of benzene rings is 1. The molecule has 1 aromatic carbocycles. The fourth-order valence-electron chi connectivity index (χ4n) is 3.61. The quantitative estimate of drug-likeness (QED) is 0.742. The number of hydrogen-bond acceptors (Lipinski definition) is 4. The standard InChI is InChI=1S/C18H19N5O3/c1-21-10-11(16(24)20-18(21)26)17(25)23-9-5-8-14(23)15-19-12-6-3-4-7-13(12)22(15)2/h3-4,6-7,10,14H,5,8-9H2,1-2H3,(H,20,24,26). The first-order valence-electron chi connectivity index (χ1n) is 8.49. The number of hydrogen-bond donors (Lipinski definition) is 1. The molecular formula is C18H19N5O3. The highest BCUT2D eigenvalue weighted by atomic mass is 16.2. The molecule has 1 aliphatic heterocycles. The predicted octanol–water partition coefficient (Wildman–Crippen LogP) is 0.938. The molecule has 8 heteroatoms.